The van der Waals surface area contributed by atoms with Crippen LogP contribution in [0.1, 0.15) is 0 Å². The number of rotatable bonds is 30. The molecule has 590 valence electrons. The Balaban J connectivity index is 4.44. The normalized spacial score (nSPS) is 23.0. The molecule has 1 heterocycles. The Kier molecular flexibility index (Phi) is 30.1. The van der Waals surface area contributed by atoms with Crippen molar-refractivity contribution in [2.75, 3.05) is 66.1 Å². The smallest absolute Gasteiger partial charge is 0.458 e. The highest BCUT2D eigenvalue weighted by Crippen LogP contribution is 2.52. The van der Waals surface area contributed by atoms with Crippen LogP contribution < -0.4 is 0 Å². The zero-order valence-electron chi connectivity index (χ0n) is 49.5. The van der Waals surface area contributed by atoms with Gasteiger partial charge in [0.25, 0.3) is 0 Å². The van der Waals surface area contributed by atoms with E-state index in [0.29, 0.717) is 32.7 Å². The lowest BCUT2D eigenvalue weighted by molar-refractivity contribution is -0.428. The third kappa shape index (κ3) is 24.6. The molecule has 0 bridgehead atoms. The van der Waals surface area contributed by atoms with Gasteiger partial charge in [-0.3, -0.25) is 0 Å². The molecule has 1 aliphatic rings. The molecule has 60 heteroatoms. The molecular weight excluding hydrogens is 1610 g/mol. The number of hydrogen-bond acceptors (Lipinski definition) is 20. The van der Waals surface area contributed by atoms with Crippen molar-refractivity contribution >= 4 is 72.7 Å². The number of carbonyl (C=O) groups excluding carboxylic acids is 5. The summed E-state index contributed by atoms with van der Waals surface area (Å²) < 4.78 is 536. The largest absolute Gasteiger partial charge is 0.464 e. The van der Waals surface area contributed by atoms with Gasteiger partial charge in [0, 0.05) is 30.2 Å². The van der Waals surface area contributed by atoms with E-state index in [1.807, 2.05) is 0 Å². The van der Waals surface area contributed by atoms with Crippen molar-refractivity contribution in [3.63, 3.8) is 0 Å². The van der Waals surface area contributed by atoms with Crippen LogP contribution in [0, 0.1) is 0 Å². The second-order valence-electron chi connectivity index (χ2n) is 20.4. The Hall–Kier alpha value is -4.42. The van der Waals surface area contributed by atoms with Gasteiger partial charge in [-0.15, -0.1) is 0 Å². The number of carbonyl (C=O) groups is 5. The van der Waals surface area contributed by atoms with E-state index in [1.165, 1.54) is 0 Å². The summed E-state index contributed by atoms with van der Waals surface area (Å²) in [6.45, 7) is -18.4. The Morgan fingerprint density at radius 3 is 0.410 bits per heavy atom. The number of hydrogen-bond donors (Lipinski definition) is 0. The topological polar surface area (TPSA) is 224 Å². The maximum atomic E-state index is 14.3. The number of ether oxygens (including phenoxy) is 10. The van der Waals surface area contributed by atoms with Crippen molar-refractivity contribution in [2.45, 2.75) is 154 Å². The molecule has 0 radical (unpaired) electrons. The van der Waals surface area contributed by atoms with E-state index < -0.39 is 260 Å². The van der Waals surface area contributed by atoms with Gasteiger partial charge in [-0.1, -0.05) is 0 Å². The summed E-state index contributed by atoms with van der Waals surface area (Å²) in [5.74, 6) is -45.5. The molecule has 0 atom stereocenters. The van der Waals surface area contributed by atoms with Gasteiger partial charge in [0.05, 0.1) is 33.0 Å². The lowest BCUT2D eigenvalue weighted by Crippen LogP contribution is -2.68. The van der Waals surface area contributed by atoms with Crippen molar-refractivity contribution in [2.24, 2.45) is 0 Å². The van der Waals surface area contributed by atoms with Crippen LogP contribution in [0.2, 0.25) is 63.0 Å². The average Bonchev–Trinajstić information content (AvgIpc) is 0.809. The zero-order valence-corrected chi connectivity index (χ0v) is 54.5. The van der Waals surface area contributed by atoms with Crippen LogP contribution in [0.5, 0.6) is 0 Å². The molecule has 0 aromatic carbocycles. The molecule has 0 saturated carbocycles. The number of alkyl halides is 35. The molecule has 1 fully saturated rings. The van der Waals surface area contributed by atoms with E-state index >= 15 is 0 Å². The second kappa shape index (κ2) is 32.1. The highest BCUT2D eigenvalue weighted by Gasteiger charge is 2.79. The minimum Gasteiger partial charge on any atom is -0.464 e. The first-order valence-electron chi connectivity index (χ1n) is 25.6. The van der Waals surface area contributed by atoms with Crippen LogP contribution in [-0.4, -0.2) is 230 Å². The molecule has 0 N–H and O–H groups in total. The summed E-state index contributed by atoms with van der Waals surface area (Å²) in [5, 5.41) is 0. The minimum atomic E-state index is -7.04. The van der Waals surface area contributed by atoms with E-state index in [2.05, 4.69) is 47.4 Å². The number of halogens is 35. The third-order valence-electron chi connectivity index (χ3n) is 11.8. The lowest BCUT2D eigenvalue weighted by atomic mass is 10.3. The van der Waals surface area contributed by atoms with Crippen molar-refractivity contribution in [1.29, 1.82) is 0 Å². The van der Waals surface area contributed by atoms with Crippen molar-refractivity contribution in [3.8, 4) is 0 Å². The van der Waals surface area contributed by atoms with Gasteiger partial charge >= 0.3 is 164 Å². The molecule has 0 aromatic rings. The maximum Gasteiger partial charge on any atom is 0.458 e. The van der Waals surface area contributed by atoms with Gasteiger partial charge in [-0.05, 0) is 32.7 Å². The highest BCUT2D eigenvalue weighted by atomic mass is 28.5. The summed E-state index contributed by atoms with van der Waals surface area (Å²) in [7, 11) is -26.8. The Morgan fingerprint density at radius 2 is 0.320 bits per heavy atom. The molecule has 100 heavy (non-hydrogen) atoms. The standard InChI is InChI=1S/C40H45F35O20Si5/c1-96(11-6-81-21(76)16-86-26(41,31(46,47)48)32(49,50)51)91-97(2,12-7-82-22(77)17-87-27(42,33(52,53)54)34(55,56)57)93-99(4,14-9-84-24(79)19-89-29(44,37(64,65)66)38(67,68)69)95-100(5,15-10-85-25(80)20-90-30(45,39(70,71)72)40(73,74)75)94-98(3,92-96)13-8-83-23(78)18-88-28(43,35(58,59)60)36(61,62)63/h6-20H2,1-5H3. The summed E-state index contributed by atoms with van der Waals surface area (Å²) in [5.41, 5.74) is 0. The lowest BCUT2D eigenvalue weighted by Gasteiger charge is -2.50. The van der Waals surface area contributed by atoms with Crippen LogP contribution in [-0.2, 0) is 91.9 Å². The van der Waals surface area contributed by atoms with E-state index in [0.717, 1.165) is 0 Å². The monoisotopic (exact) mass is 1650 g/mol. The quantitative estimate of drug-likeness (QED) is 0.0282. The van der Waals surface area contributed by atoms with E-state index in [9.17, 15) is 178 Å². The summed E-state index contributed by atoms with van der Waals surface area (Å²) in [4.78, 5) is 62.8. The predicted octanol–water partition coefficient (Wildman–Crippen LogP) is 12.2. The van der Waals surface area contributed by atoms with E-state index in [-0.39, 0.29) is 0 Å². The molecule has 1 rings (SSSR count). The molecule has 1 saturated heterocycles. The summed E-state index contributed by atoms with van der Waals surface area (Å²) in [6.07, 6.45) is -70.4. The highest BCUT2D eigenvalue weighted by molar-refractivity contribution is 6.94. The summed E-state index contributed by atoms with van der Waals surface area (Å²) in [6, 6.07) is -6.86. The molecule has 0 spiro atoms. The first-order chi connectivity index (χ1) is 44.0. The fourth-order valence-electron chi connectivity index (χ4n) is 7.27. The molecule has 0 unspecified atom stereocenters. The fraction of sp³-hybridized carbons (Fsp3) is 0.875. The van der Waals surface area contributed by atoms with Gasteiger partial charge < -0.3 is 67.9 Å². The average molecular weight is 1650 g/mol. The van der Waals surface area contributed by atoms with Gasteiger partial charge in [-0.2, -0.15) is 154 Å². The Labute approximate surface area is 537 Å². The minimum absolute atomic E-state index is 0.619. The van der Waals surface area contributed by atoms with Crippen LogP contribution in [0.4, 0.5) is 154 Å². The molecular formula is C40H45F35O20Si5. The Bertz CT molecular complexity index is 2240. The molecule has 20 nitrogen and oxygen atoms in total. The van der Waals surface area contributed by atoms with E-state index in [1.54, 1.807) is 0 Å². The van der Waals surface area contributed by atoms with Crippen LogP contribution >= 0.6 is 0 Å². The van der Waals surface area contributed by atoms with Gasteiger partial charge in [0.15, 0.2) is 0 Å². The zero-order chi connectivity index (χ0) is 79.1. The van der Waals surface area contributed by atoms with Crippen molar-refractivity contribution < 1.29 is 246 Å². The van der Waals surface area contributed by atoms with Gasteiger partial charge in [0.2, 0.25) is 0 Å². The third-order valence-corrected chi connectivity index (χ3v) is 34.7. The maximum absolute atomic E-state index is 14.3. The summed E-state index contributed by atoms with van der Waals surface area (Å²) >= 11 is 0. The fourth-order valence-corrected chi connectivity index (χ4v) is 34.7. The van der Waals surface area contributed by atoms with E-state index in [4.69, 9.17) is 20.6 Å². The van der Waals surface area contributed by atoms with Crippen LogP contribution in [0.15, 0.2) is 0 Å². The number of esters is 5. The molecule has 0 aliphatic carbocycles. The predicted molar refractivity (Wildman–Crippen MR) is 252 cm³/mol. The van der Waals surface area contributed by atoms with Crippen LogP contribution in [0.3, 0.4) is 0 Å². The van der Waals surface area contributed by atoms with Crippen molar-refractivity contribution in [1.82, 2.24) is 0 Å². The SMILES string of the molecule is C[Si]1(CCOC(=O)COC(F)(C(F)(F)F)C(F)(F)F)O[Si](C)(CCOC(=O)COC(F)(C(F)(F)F)C(F)(F)F)O[Si](C)(CCOC(=O)COC(F)(C(F)(F)F)C(F)(F)F)O[Si](C)(CCOC(=O)COC(F)(C(F)(F)F)C(F)(F)F)O[Si](C)(CCOC(=O)COC(F)(C(F)(F)F)C(F)(F)F)O1. The molecule has 0 amide bonds. The first kappa shape index (κ1) is 93.6. The second-order valence-corrected chi connectivity index (χ2v) is 38.3. The molecule has 0 aromatic heterocycles. The first-order valence-corrected chi connectivity index (χ1v) is 38.3. The Morgan fingerprint density at radius 1 is 0.220 bits per heavy atom. The molecule has 1 aliphatic heterocycles. The van der Waals surface area contributed by atoms with Crippen molar-refractivity contribution in [3.05, 3.63) is 0 Å². The van der Waals surface area contributed by atoms with Crippen LogP contribution in [0.25, 0.3) is 0 Å². The van der Waals surface area contributed by atoms with Gasteiger partial charge in [0.1, 0.15) is 33.0 Å². The van der Waals surface area contributed by atoms with Gasteiger partial charge in [-0.25, -0.2) is 24.0 Å².